The summed E-state index contributed by atoms with van der Waals surface area (Å²) in [5, 5.41) is 5.41. The molecule has 0 unspecified atom stereocenters. The van der Waals surface area contributed by atoms with Gasteiger partial charge >= 0.3 is 12.0 Å². The van der Waals surface area contributed by atoms with Crippen molar-refractivity contribution in [3.05, 3.63) is 90.0 Å². The predicted molar refractivity (Wildman–Crippen MR) is 108 cm³/mol. The molecule has 28 heavy (non-hydrogen) atoms. The highest BCUT2D eigenvalue weighted by Gasteiger charge is 2.08. The molecular formula is C22H20N2O4. The molecule has 0 saturated carbocycles. The summed E-state index contributed by atoms with van der Waals surface area (Å²) in [6.45, 7) is 0.477. The third-order valence-corrected chi connectivity index (χ3v) is 3.90. The summed E-state index contributed by atoms with van der Waals surface area (Å²) in [6.07, 6.45) is 0. The number of amides is 2. The van der Waals surface area contributed by atoms with Crippen molar-refractivity contribution in [1.82, 2.24) is 0 Å². The quantitative estimate of drug-likeness (QED) is 0.612. The van der Waals surface area contributed by atoms with Gasteiger partial charge in [0.25, 0.3) is 0 Å². The molecule has 0 fully saturated rings. The first kappa shape index (κ1) is 19.0. The number of benzene rings is 3. The van der Waals surface area contributed by atoms with Crippen LogP contribution in [0.5, 0.6) is 5.75 Å². The lowest BCUT2D eigenvalue weighted by molar-refractivity contribution is 0.0600. The summed E-state index contributed by atoms with van der Waals surface area (Å²) < 4.78 is 10.4. The molecule has 0 aromatic heterocycles. The molecule has 3 rings (SSSR count). The number of hydrogen-bond acceptors (Lipinski definition) is 4. The molecular weight excluding hydrogens is 356 g/mol. The fourth-order valence-corrected chi connectivity index (χ4v) is 2.51. The van der Waals surface area contributed by atoms with E-state index in [1.807, 2.05) is 30.3 Å². The first-order valence-corrected chi connectivity index (χ1v) is 8.67. The third kappa shape index (κ3) is 5.35. The van der Waals surface area contributed by atoms with Gasteiger partial charge < -0.3 is 20.1 Å². The number of esters is 1. The van der Waals surface area contributed by atoms with Gasteiger partial charge in [0.1, 0.15) is 12.4 Å². The third-order valence-electron chi connectivity index (χ3n) is 3.90. The van der Waals surface area contributed by atoms with Gasteiger partial charge in [0.2, 0.25) is 0 Å². The van der Waals surface area contributed by atoms with E-state index in [4.69, 9.17) is 4.74 Å². The Hall–Kier alpha value is -3.80. The average Bonchev–Trinajstić information content (AvgIpc) is 2.73. The normalized spacial score (nSPS) is 10.0. The number of urea groups is 1. The van der Waals surface area contributed by atoms with Crippen molar-refractivity contribution in [3.63, 3.8) is 0 Å². The van der Waals surface area contributed by atoms with E-state index in [2.05, 4.69) is 15.4 Å². The predicted octanol–water partition coefficient (Wildman–Crippen LogP) is 4.70. The summed E-state index contributed by atoms with van der Waals surface area (Å²) in [5.41, 5.74) is 2.55. The number of nitrogens with one attached hydrogen (secondary N) is 2. The topological polar surface area (TPSA) is 76.7 Å². The van der Waals surface area contributed by atoms with Gasteiger partial charge in [-0.2, -0.15) is 0 Å². The number of anilines is 2. The van der Waals surface area contributed by atoms with Crippen LogP contribution in [0.25, 0.3) is 0 Å². The molecule has 6 nitrogen and oxygen atoms in total. The lowest BCUT2D eigenvalue weighted by atomic mass is 10.2. The van der Waals surface area contributed by atoms with E-state index in [9.17, 15) is 9.59 Å². The van der Waals surface area contributed by atoms with Crippen LogP contribution in [-0.4, -0.2) is 19.1 Å². The zero-order valence-corrected chi connectivity index (χ0v) is 15.3. The molecule has 0 aliphatic heterocycles. The zero-order valence-electron chi connectivity index (χ0n) is 15.3. The van der Waals surface area contributed by atoms with E-state index in [1.165, 1.54) is 7.11 Å². The number of ether oxygens (including phenoxy) is 2. The van der Waals surface area contributed by atoms with Crippen molar-refractivity contribution in [3.8, 4) is 5.75 Å². The molecule has 142 valence electrons. The first-order valence-electron chi connectivity index (χ1n) is 8.67. The molecule has 0 heterocycles. The fourth-order valence-electron chi connectivity index (χ4n) is 2.51. The highest BCUT2D eigenvalue weighted by atomic mass is 16.5. The summed E-state index contributed by atoms with van der Waals surface area (Å²) in [4.78, 5) is 23.7. The van der Waals surface area contributed by atoms with Gasteiger partial charge in [0, 0.05) is 11.4 Å². The molecule has 0 spiro atoms. The second kappa shape index (κ2) is 9.23. The number of carbonyl (C=O) groups excluding carboxylic acids is 2. The van der Waals surface area contributed by atoms with Crippen LogP contribution >= 0.6 is 0 Å². The van der Waals surface area contributed by atoms with Crippen LogP contribution in [0.15, 0.2) is 78.9 Å². The largest absolute Gasteiger partial charge is 0.489 e. The molecule has 0 radical (unpaired) electrons. The Labute approximate surface area is 163 Å². The average molecular weight is 376 g/mol. The molecule has 0 atom stereocenters. The maximum atomic E-state index is 12.2. The van der Waals surface area contributed by atoms with Crippen LogP contribution < -0.4 is 15.4 Å². The van der Waals surface area contributed by atoms with Gasteiger partial charge in [-0.3, -0.25) is 0 Å². The maximum absolute atomic E-state index is 12.2. The van der Waals surface area contributed by atoms with Gasteiger partial charge in [0.15, 0.2) is 0 Å². The Kier molecular flexibility index (Phi) is 6.25. The van der Waals surface area contributed by atoms with Gasteiger partial charge in [-0.15, -0.1) is 0 Å². The molecule has 3 aromatic carbocycles. The molecule has 6 heteroatoms. The van der Waals surface area contributed by atoms with E-state index < -0.39 is 12.0 Å². The van der Waals surface area contributed by atoms with Crippen LogP contribution in [0.4, 0.5) is 16.2 Å². The molecule has 0 saturated heterocycles. The highest BCUT2D eigenvalue weighted by Crippen LogP contribution is 2.18. The number of hydrogen-bond donors (Lipinski definition) is 2. The Morgan fingerprint density at radius 2 is 1.54 bits per heavy atom. The van der Waals surface area contributed by atoms with E-state index >= 15 is 0 Å². The van der Waals surface area contributed by atoms with Crippen LogP contribution in [0.2, 0.25) is 0 Å². The second-order valence-corrected chi connectivity index (χ2v) is 5.95. The van der Waals surface area contributed by atoms with Gasteiger partial charge in [-0.05, 0) is 48.0 Å². The van der Waals surface area contributed by atoms with Gasteiger partial charge in [-0.1, -0.05) is 36.4 Å². The fraction of sp³-hybridized carbons (Fsp3) is 0.0909. The summed E-state index contributed by atoms with van der Waals surface area (Å²) in [7, 11) is 1.31. The van der Waals surface area contributed by atoms with Crippen LogP contribution in [0.1, 0.15) is 15.9 Å². The number of methoxy groups -OCH3 is 1. The van der Waals surface area contributed by atoms with Gasteiger partial charge in [-0.25, -0.2) is 9.59 Å². The van der Waals surface area contributed by atoms with Gasteiger partial charge in [0.05, 0.1) is 12.7 Å². The van der Waals surface area contributed by atoms with Crippen LogP contribution in [0.3, 0.4) is 0 Å². The Balaban J connectivity index is 1.53. The van der Waals surface area contributed by atoms with Crippen LogP contribution in [-0.2, 0) is 11.3 Å². The number of rotatable bonds is 6. The van der Waals surface area contributed by atoms with Crippen molar-refractivity contribution in [2.24, 2.45) is 0 Å². The van der Waals surface area contributed by atoms with Crippen molar-refractivity contribution in [1.29, 1.82) is 0 Å². The zero-order chi connectivity index (χ0) is 19.8. The Morgan fingerprint density at radius 3 is 2.25 bits per heavy atom. The molecule has 2 N–H and O–H groups in total. The molecule has 0 bridgehead atoms. The van der Waals surface area contributed by atoms with E-state index in [-0.39, 0.29) is 0 Å². The lowest BCUT2D eigenvalue weighted by Crippen LogP contribution is -2.19. The van der Waals surface area contributed by atoms with E-state index in [0.29, 0.717) is 29.3 Å². The molecule has 0 aliphatic rings. The monoisotopic (exact) mass is 376 g/mol. The molecule has 3 aromatic rings. The van der Waals surface area contributed by atoms with E-state index in [0.717, 1.165) is 5.56 Å². The first-order chi connectivity index (χ1) is 13.6. The lowest BCUT2D eigenvalue weighted by Gasteiger charge is -2.10. The van der Waals surface area contributed by atoms with Crippen molar-refractivity contribution in [2.75, 3.05) is 17.7 Å². The molecule has 2 amide bonds. The Bertz CT molecular complexity index is 940. The van der Waals surface area contributed by atoms with Crippen molar-refractivity contribution >= 4 is 23.4 Å². The standard InChI is InChI=1S/C22H20N2O4/c1-27-21(25)17-8-5-9-19(14-17)24-22(26)23-18-10-12-20(13-11-18)28-15-16-6-3-2-4-7-16/h2-14H,15H2,1H3,(H2,23,24,26). The second-order valence-electron chi connectivity index (χ2n) is 5.95. The smallest absolute Gasteiger partial charge is 0.337 e. The molecule has 0 aliphatic carbocycles. The highest BCUT2D eigenvalue weighted by molar-refractivity contribution is 6.00. The minimum Gasteiger partial charge on any atom is -0.489 e. The van der Waals surface area contributed by atoms with Crippen molar-refractivity contribution < 1.29 is 19.1 Å². The maximum Gasteiger partial charge on any atom is 0.337 e. The van der Waals surface area contributed by atoms with E-state index in [1.54, 1.807) is 48.5 Å². The minimum atomic E-state index is -0.463. The van der Waals surface area contributed by atoms with Crippen LogP contribution in [0, 0.1) is 0 Å². The number of carbonyl (C=O) groups is 2. The summed E-state index contributed by atoms with van der Waals surface area (Å²) in [5.74, 6) is 0.246. The SMILES string of the molecule is COC(=O)c1cccc(NC(=O)Nc2ccc(OCc3ccccc3)cc2)c1. The summed E-state index contributed by atoms with van der Waals surface area (Å²) >= 11 is 0. The summed E-state index contributed by atoms with van der Waals surface area (Å²) in [6, 6.07) is 23.1. The Morgan fingerprint density at radius 1 is 0.821 bits per heavy atom. The minimum absolute atomic E-state index is 0.361. The van der Waals surface area contributed by atoms with Crippen molar-refractivity contribution in [2.45, 2.75) is 6.61 Å².